The Balaban J connectivity index is 1.17. The Hall–Kier alpha value is -2.98. The van der Waals surface area contributed by atoms with Gasteiger partial charge in [-0.15, -0.1) is 0 Å². The maximum Gasteiger partial charge on any atom is 0.279 e. The van der Waals surface area contributed by atoms with Crippen molar-refractivity contribution in [3.05, 3.63) is 59.2 Å². The van der Waals surface area contributed by atoms with E-state index in [9.17, 15) is 14.4 Å². The van der Waals surface area contributed by atoms with Gasteiger partial charge < -0.3 is 20.4 Å². The van der Waals surface area contributed by atoms with Gasteiger partial charge in [-0.05, 0) is 37.7 Å². The lowest BCUT2D eigenvalue weighted by molar-refractivity contribution is -0.123. The number of likely N-dealkylation sites (tertiary alicyclic amines) is 2. The quantitative estimate of drug-likeness (QED) is 0.590. The number of carbonyl (C=O) groups is 3. The van der Waals surface area contributed by atoms with Crippen LogP contribution < -0.4 is 10.6 Å². The molecule has 3 unspecified atom stereocenters. The summed E-state index contributed by atoms with van der Waals surface area (Å²) < 4.78 is 0. The summed E-state index contributed by atoms with van der Waals surface area (Å²) >= 11 is 1.15. The molecule has 0 aliphatic carbocycles. The van der Waals surface area contributed by atoms with E-state index in [-0.39, 0.29) is 23.1 Å². The molecule has 0 bridgehead atoms. The maximum absolute atomic E-state index is 13.2. The predicted octanol–water partition coefficient (Wildman–Crippen LogP) is 2.17. The maximum atomic E-state index is 13.2. The molecule has 2 N–H and O–H groups in total. The van der Waals surface area contributed by atoms with E-state index in [1.807, 2.05) is 49.1 Å². The second-order valence-electron chi connectivity index (χ2n) is 9.97. The van der Waals surface area contributed by atoms with E-state index in [0.29, 0.717) is 23.2 Å². The highest BCUT2D eigenvalue weighted by Crippen LogP contribution is 2.33. The van der Waals surface area contributed by atoms with Gasteiger partial charge in [0.25, 0.3) is 11.1 Å². The van der Waals surface area contributed by atoms with Crippen molar-refractivity contribution in [1.29, 1.82) is 0 Å². The molecule has 0 spiro atoms. The smallest absolute Gasteiger partial charge is 0.279 e. The SMILES string of the molecule is Cc1ncnc(C)c1C(=O)N1CC2CN(CCC(NC(=O)C3CSC(=O)N3)c3ccccc3)C[C@H]2C1. The number of nitrogens with one attached hydrogen (secondary N) is 2. The van der Waals surface area contributed by atoms with Crippen LogP contribution in [0.5, 0.6) is 0 Å². The van der Waals surface area contributed by atoms with Crippen LogP contribution in [0.15, 0.2) is 36.7 Å². The second kappa shape index (κ2) is 10.6. The topological polar surface area (TPSA) is 108 Å². The molecule has 0 radical (unpaired) electrons. The zero-order chi connectivity index (χ0) is 25.2. The van der Waals surface area contributed by atoms with Crippen LogP contribution in [-0.4, -0.2) is 81.3 Å². The van der Waals surface area contributed by atoms with Crippen molar-refractivity contribution in [3.63, 3.8) is 0 Å². The van der Waals surface area contributed by atoms with E-state index in [2.05, 4.69) is 25.5 Å². The number of fused-ring (bicyclic) bond motifs is 1. The van der Waals surface area contributed by atoms with Gasteiger partial charge >= 0.3 is 0 Å². The standard InChI is InChI=1S/C26H32N6O3S/c1-16-23(17(2)28-15-27-16)25(34)32-12-19-10-31(11-20(19)13-32)9-8-21(18-6-4-3-5-7-18)29-24(33)22-14-36-26(35)30-22/h3-7,15,19-22H,8-14H2,1-2H3,(H,29,33)(H,30,35)/t19-,20?,21?,22?/m0/s1. The number of nitrogens with zero attached hydrogens (tertiary/aromatic N) is 4. The number of benzene rings is 1. The molecule has 1 aromatic heterocycles. The minimum Gasteiger partial charge on any atom is -0.347 e. The Labute approximate surface area is 215 Å². The summed E-state index contributed by atoms with van der Waals surface area (Å²) in [4.78, 5) is 50.3. The zero-order valence-corrected chi connectivity index (χ0v) is 21.5. The van der Waals surface area contributed by atoms with Crippen LogP contribution in [0.4, 0.5) is 4.79 Å². The van der Waals surface area contributed by atoms with Gasteiger partial charge in [-0.2, -0.15) is 0 Å². The molecule has 3 amide bonds. The van der Waals surface area contributed by atoms with Gasteiger partial charge in [0.15, 0.2) is 0 Å². The number of thioether (sulfide) groups is 1. The molecule has 1 aromatic carbocycles. The molecule has 3 aliphatic rings. The highest BCUT2D eigenvalue weighted by molar-refractivity contribution is 8.14. The third-order valence-electron chi connectivity index (χ3n) is 7.53. The van der Waals surface area contributed by atoms with Gasteiger partial charge in [-0.25, -0.2) is 9.97 Å². The van der Waals surface area contributed by atoms with Crippen molar-refractivity contribution in [1.82, 2.24) is 30.4 Å². The minimum absolute atomic E-state index is 0.0376. The molecule has 2 aromatic rings. The van der Waals surface area contributed by atoms with Gasteiger partial charge in [0.1, 0.15) is 12.4 Å². The van der Waals surface area contributed by atoms with E-state index in [0.717, 1.165) is 67.9 Å². The van der Waals surface area contributed by atoms with Gasteiger partial charge in [0, 0.05) is 38.5 Å². The summed E-state index contributed by atoms with van der Waals surface area (Å²) in [5.74, 6) is 1.27. The van der Waals surface area contributed by atoms with Crippen LogP contribution in [-0.2, 0) is 4.79 Å². The third-order valence-corrected chi connectivity index (χ3v) is 8.41. The second-order valence-corrected chi connectivity index (χ2v) is 11.0. The third kappa shape index (κ3) is 5.24. The lowest BCUT2D eigenvalue weighted by Crippen LogP contribution is -2.44. The molecule has 5 rings (SSSR count). The Morgan fingerprint density at radius 2 is 1.75 bits per heavy atom. The summed E-state index contributed by atoms with van der Waals surface area (Å²) in [6.07, 6.45) is 2.29. The van der Waals surface area contributed by atoms with Gasteiger partial charge in [0.2, 0.25) is 5.91 Å². The first-order chi connectivity index (χ1) is 17.4. The minimum atomic E-state index is -0.481. The summed E-state index contributed by atoms with van der Waals surface area (Å²) in [5, 5.41) is 5.74. The van der Waals surface area contributed by atoms with Gasteiger partial charge in [0.05, 0.1) is 23.0 Å². The zero-order valence-electron chi connectivity index (χ0n) is 20.6. The number of amides is 3. The Kier molecular flexibility index (Phi) is 7.25. The fraction of sp³-hybridized carbons (Fsp3) is 0.500. The molecular formula is C26H32N6O3S. The summed E-state index contributed by atoms with van der Waals surface area (Å²) in [6, 6.07) is 9.40. The van der Waals surface area contributed by atoms with Crippen LogP contribution in [0, 0.1) is 25.7 Å². The first-order valence-corrected chi connectivity index (χ1v) is 13.5. The largest absolute Gasteiger partial charge is 0.347 e. The molecule has 36 heavy (non-hydrogen) atoms. The molecule has 4 heterocycles. The van der Waals surface area contributed by atoms with Crippen LogP contribution in [0.1, 0.15) is 39.8 Å². The first kappa shape index (κ1) is 24.7. The lowest BCUT2D eigenvalue weighted by atomic mass is 10.0. The monoisotopic (exact) mass is 508 g/mol. The number of aryl methyl sites for hydroxylation is 2. The molecule has 3 aliphatic heterocycles. The fourth-order valence-electron chi connectivity index (χ4n) is 5.62. The fourth-order valence-corrected chi connectivity index (χ4v) is 6.39. The highest BCUT2D eigenvalue weighted by atomic mass is 32.2. The van der Waals surface area contributed by atoms with Crippen molar-refractivity contribution < 1.29 is 14.4 Å². The molecule has 10 heteroatoms. The summed E-state index contributed by atoms with van der Waals surface area (Å²) in [5.41, 5.74) is 3.16. The van der Waals surface area contributed by atoms with E-state index >= 15 is 0 Å². The van der Waals surface area contributed by atoms with Crippen molar-refractivity contribution >= 4 is 28.8 Å². The molecule has 4 atom stereocenters. The molecule has 3 fully saturated rings. The van der Waals surface area contributed by atoms with Crippen LogP contribution in [0.2, 0.25) is 0 Å². The van der Waals surface area contributed by atoms with Crippen molar-refractivity contribution in [3.8, 4) is 0 Å². The highest BCUT2D eigenvalue weighted by Gasteiger charge is 2.42. The van der Waals surface area contributed by atoms with Crippen molar-refractivity contribution in [2.24, 2.45) is 11.8 Å². The molecule has 0 saturated carbocycles. The summed E-state index contributed by atoms with van der Waals surface area (Å²) in [6.45, 7) is 7.99. The normalized spacial score (nSPS) is 24.4. The molecule has 9 nitrogen and oxygen atoms in total. The van der Waals surface area contributed by atoms with Gasteiger partial charge in [-0.1, -0.05) is 42.1 Å². The Bertz CT molecular complexity index is 1110. The van der Waals surface area contributed by atoms with E-state index in [4.69, 9.17) is 0 Å². The number of hydrogen-bond donors (Lipinski definition) is 2. The first-order valence-electron chi connectivity index (χ1n) is 12.5. The average molecular weight is 509 g/mol. The number of hydrogen-bond acceptors (Lipinski definition) is 7. The van der Waals surface area contributed by atoms with Crippen LogP contribution in [0.25, 0.3) is 0 Å². The Morgan fingerprint density at radius 1 is 1.08 bits per heavy atom. The average Bonchev–Trinajstić information content (AvgIpc) is 3.57. The van der Waals surface area contributed by atoms with E-state index in [1.54, 1.807) is 0 Å². The summed E-state index contributed by atoms with van der Waals surface area (Å²) in [7, 11) is 0. The van der Waals surface area contributed by atoms with Crippen molar-refractivity contribution in [2.75, 3.05) is 38.5 Å². The predicted molar refractivity (Wildman–Crippen MR) is 138 cm³/mol. The lowest BCUT2D eigenvalue weighted by Gasteiger charge is -2.26. The van der Waals surface area contributed by atoms with Crippen LogP contribution >= 0.6 is 11.8 Å². The molecule has 190 valence electrons. The van der Waals surface area contributed by atoms with E-state index < -0.39 is 6.04 Å². The number of carbonyl (C=O) groups excluding carboxylic acids is 3. The van der Waals surface area contributed by atoms with Crippen molar-refractivity contribution in [2.45, 2.75) is 32.4 Å². The Morgan fingerprint density at radius 3 is 2.36 bits per heavy atom. The molecule has 3 saturated heterocycles. The van der Waals surface area contributed by atoms with Crippen LogP contribution in [0.3, 0.4) is 0 Å². The number of aromatic nitrogens is 2. The van der Waals surface area contributed by atoms with E-state index in [1.165, 1.54) is 6.33 Å². The number of rotatable bonds is 7. The molecular weight excluding hydrogens is 476 g/mol. The van der Waals surface area contributed by atoms with Gasteiger partial charge in [-0.3, -0.25) is 14.4 Å².